The molecule has 1 aliphatic heterocycles. The van der Waals surface area contributed by atoms with Crippen molar-refractivity contribution in [2.24, 2.45) is 7.05 Å². The highest BCUT2D eigenvalue weighted by Crippen LogP contribution is 2.25. The van der Waals surface area contributed by atoms with Crippen LogP contribution < -0.4 is 16.1 Å². The van der Waals surface area contributed by atoms with Gasteiger partial charge in [-0.25, -0.2) is 9.18 Å². The molecule has 0 unspecified atom stereocenters. The van der Waals surface area contributed by atoms with E-state index in [4.69, 9.17) is 4.42 Å². The number of hydrogen-bond donors (Lipinski definition) is 0. The number of hydrogen-bond acceptors (Lipinski definition) is 5. The smallest absolute Gasteiger partial charge is 0.332 e. The van der Waals surface area contributed by atoms with Gasteiger partial charge in [0, 0.05) is 20.1 Å². The fourth-order valence-corrected chi connectivity index (χ4v) is 3.99. The third-order valence-electron chi connectivity index (χ3n) is 5.49. The summed E-state index contributed by atoms with van der Waals surface area (Å²) in [6.45, 7) is 2.03. The Kier molecular flexibility index (Phi) is 4.30. The molecule has 1 aliphatic rings. The van der Waals surface area contributed by atoms with Crippen LogP contribution in [0.1, 0.15) is 17.7 Å². The van der Waals surface area contributed by atoms with E-state index in [0.717, 1.165) is 18.7 Å². The number of imidazole rings is 1. The van der Waals surface area contributed by atoms with Gasteiger partial charge < -0.3 is 13.9 Å². The molecule has 0 aliphatic carbocycles. The standard InChI is InChI=1S/C21H20FN5O3/c1-24-18-17(19(28)27(21(24)29)12-14-5-7-15(22)8-6-14)26-10-3-9-25(20(26)23-18)13-16-4-2-11-30-16/h2,4-8,11H,3,9-10,12-13H2,1H3. The molecule has 0 saturated heterocycles. The number of halogens is 1. The molecule has 0 amide bonds. The van der Waals surface area contributed by atoms with Crippen LogP contribution in [-0.4, -0.2) is 25.2 Å². The molecule has 0 spiro atoms. The maximum Gasteiger partial charge on any atom is 0.332 e. The Balaban J connectivity index is 1.64. The van der Waals surface area contributed by atoms with Gasteiger partial charge in [-0.1, -0.05) is 12.1 Å². The van der Waals surface area contributed by atoms with Crippen LogP contribution in [0.3, 0.4) is 0 Å². The van der Waals surface area contributed by atoms with E-state index in [-0.39, 0.29) is 12.4 Å². The Hall–Kier alpha value is -3.62. The summed E-state index contributed by atoms with van der Waals surface area (Å²) in [6.07, 6.45) is 2.47. The van der Waals surface area contributed by atoms with Gasteiger partial charge in [-0.2, -0.15) is 4.98 Å². The number of furan rings is 1. The summed E-state index contributed by atoms with van der Waals surface area (Å²) in [6, 6.07) is 9.50. The van der Waals surface area contributed by atoms with Crippen LogP contribution >= 0.6 is 0 Å². The highest BCUT2D eigenvalue weighted by atomic mass is 19.1. The van der Waals surface area contributed by atoms with Crippen molar-refractivity contribution in [3.05, 3.63) is 80.6 Å². The second-order valence-electron chi connectivity index (χ2n) is 7.45. The monoisotopic (exact) mass is 409 g/mol. The van der Waals surface area contributed by atoms with Crippen molar-refractivity contribution in [2.75, 3.05) is 11.4 Å². The van der Waals surface area contributed by atoms with Crippen LogP contribution in [0, 0.1) is 5.82 Å². The summed E-state index contributed by atoms with van der Waals surface area (Å²) in [5.74, 6) is 1.09. The zero-order chi connectivity index (χ0) is 20.8. The molecule has 4 heterocycles. The minimum absolute atomic E-state index is 0.0678. The zero-order valence-electron chi connectivity index (χ0n) is 16.4. The number of benzene rings is 1. The fraction of sp³-hybridized carbons (Fsp3) is 0.286. The second kappa shape index (κ2) is 7.01. The molecule has 154 valence electrons. The molecule has 1 aromatic carbocycles. The highest BCUT2D eigenvalue weighted by Gasteiger charge is 2.26. The maximum atomic E-state index is 13.3. The Labute approximate surface area is 170 Å². The van der Waals surface area contributed by atoms with Gasteiger partial charge in [0.2, 0.25) is 5.95 Å². The van der Waals surface area contributed by atoms with Crippen molar-refractivity contribution in [3.63, 3.8) is 0 Å². The summed E-state index contributed by atoms with van der Waals surface area (Å²) in [5.41, 5.74) is 0.591. The van der Waals surface area contributed by atoms with Crippen molar-refractivity contribution in [2.45, 2.75) is 26.1 Å². The molecule has 0 saturated carbocycles. The molecule has 9 heteroatoms. The van der Waals surface area contributed by atoms with Crippen molar-refractivity contribution in [1.29, 1.82) is 0 Å². The first-order valence-electron chi connectivity index (χ1n) is 9.75. The molecule has 0 atom stereocenters. The van der Waals surface area contributed by atoms with E-state index in [2.05, 4.69) is 9.88 Å². The largest absolute Gasteiger partial charge is 0.467 e. The van der Waals surface area contributed by atoms with E-state index < -0.39 is 11.2 Å². The van der Waals surface area contributed by atoms with Crippen LogP contribution in [0.15, 0.2) is 56.7 Å². The van der Waals surface area contributed by atoms with Crippen LogP contribution in [0.2, 0.25) is 0 Å². The Bertz CT molecular complexity index is 1330. The van der Waals surface area contributed by atoms with Crippen LogP contribution in [0.25, 0.3) is 11.2 Å². The molecule has 0 radical (unpaired) electrons. The first kappa shape index (κ1) is 18.4. The minimum Gasteiger partial charge on any atom is -0.467 e. The third-order valence-corrected chi connectivity index (χ3v) is 5.49. The Morgan fingerprint density at radius 3 is 2.63 bits per heavy atom. The SMILES string of the molecule is Cn1c(=O)n(Cc2ccc(F)cc2)c(=O)c2c1nc1n2CCCN1Cc1ccco1. The first-order chi connectivity index (χ1) is 14.5. The number of nitrogens with zero attached hydrogens (tertiary/aromatic N) is 5. The molecule has 4 aromatic rings. The Morgan fingerprint density at radius 1 is 1.10 bits per heavy atom. The number of rotatable bonds is 4. The van der Waals surface area contributed by atoms with Gasteiger partial charge in [0.05, 0.1) is 19.4 Å². The number of fused-ring (bicyclic) bond motifs is 3. The summed E-state index contributed by atoms with van der Waals surface area (Å²) in [4.78, 5) is 32.9. The number of aryl methyl sites for hydroxylation is 2. The first-order valence-corrected chi connectivity index (χ1v) is 9.75. The van der Waals surface area contributed by atoms with Gasteiger partial charge in [0.25, 0.3) is 5.56 Å². The van der Waals surface area contributed by atoms with E-state index in [0.29, 0.717) is 35.8 Å². The van der Waals surface area contributed by atoms with Crippen LogP contribution in [0.5, 0.6) is 0 Å². The molecular weight excluding hydrogens is 389 g/mol. The summed E-state index contributed by atoms with van der Waals surface area (Å²) in [5, 5.41) is 0. The van der Waals surface area contributed by atoms with Gasteiger partial charge in [0.1, 0.15) is 11.6 Å². The normalized spacial score (nSPS) is 13.7. The van der Waals surface area contributed by atoms with E-state index in [1.54, 1.807) is 25.4 Å². The molecule has 5 rings (SSSR count). The quantitative estimate of drug-likeness (QED) is 0.516. The van der Waals surface area contributed by atoms with Crippen molar-refractivity contribution in [3.8, 4) is 0 Å². The average molecular weight is 409 g/mol. The lowest BCUT2D eigenvalue weighted by atomic mass is 10.2. The highest BCUT2D eigenvalue weighted by molar-refractivity contribution is 5.75. The summed E-state index contributed by atoms with van der Waals surface area (Å²) >= 11 is 0. The predicted octanol–water partition coefficient (Wildman–Crippen LogP) is 2.09. The second-order valence-corrected chi connectivity index (χ2v) is 7.45. The van der Waals surface area contributed by atoms with E-state index in [1.807, 2.05) is 16.7 Å². The number of anilines is 1. The van der Waals surface area contributed by atoms with Gasteiger partial charge in [0.15, 0.2) is 11.2 Å². The molecule has 0 N–H and O–H groups in total. The van der Waals surface area contributed by atoms with Crippen LogP contribution in [0.4, 0.5) is 10.3 Å². The van der Waals surface area contributed by atoms with Crippen molar-refractivity contribution >= 4 is 17.1 Å². The predicted molar refractivity (Wildman–Crippen MR) is 109 cm³/mol. The van der Waals surface area contributed by atoms with Gasteiger partial charge >= 0.3 is 5.69 Å². The third kappa shape index (κ3) is 2.94. The average Bonchev–Trinajstić information content (AvgIpc) is 3.39. The van der Waals surface area contributed by atoms with Gasteiger partial charge in [-0.05, 0) is 36.2 Å². The molecular formula is C21H20FN5O3. The fourth-order valence-electron chi connectivity index (χ4n) is 3.99. The minimum atomic E-state index is -0.454. The number of aromatic nitrogens is 4. The van der Waals surface area contributed by atoms with Crippen LogP contribution in [-0.2, 0) is 26.7 Å². The molecule has 3 aromatic heterocycles. The van der Waals surface area contributed by atoms with Crippen molar-refractivity contribution < 1.29 is 8.81 Å². The van der Waals surface area contributed by atoms with E-state index in [1.165, 1.54) is 21.3 Å². The zero-order valence-corrected chi connectivity index (χ0v) is 16.4. The van der Waals surface area contributed by atoms with Gasteiger partial charge in [-0.3, -0.25) is 13.9 Å². The lowest BCUT2D eigenvalue weighted by Gasteiger charge is -2.28. The van der Waals surface area contributed by atoms with E-state index >= 15 is 0 Å². The lowest BCUT2D eigenvalue weighted by molar-refractivity contribution is 0.481. The van der Waals surface area contributed by atoms with E-state index in [9.17, 15) is 14.0 Å². The Morgan fingerprint density at radius 2 is 1.90 bits per heavy atom. The molecule has 0 bridgehead atoms. The molecule has 0 fully saturated rings. The van der Waals surface area contributed by atoms with Gasteiger partial charge in [-0.15, -0.1) is 0 Å². The summed E-state index contributed by atoms with van der Waals surface area (Å²) in [7, 11) is 1.61. The lowest BCUT2D eigenvalue weighted by Crippen LogP contribution is -2.40. The van der Waals surface area contributed by atoms with Crippen molar-refractivity contribution in [1.82, 2.24) is 18.7 Å². The maximum absolute atomic E-state index is 13.3. The molecule has 8 nitrogen and oxygen atoms in total. The molecule has 30 heavy (non-hydrogen) atoms. The summed E-state index contributed by atoms with van der Waals surface area (Å²) < 4.78 is 23.1. The topological polar surface area (TPSA) is 78.2 Å².